The molecule has 20 heavy (non-hydrogen) atoms. The molecule has 0 radical (unpaired) electrons. The highest BCUT2D eigenvalue weighted by atomic mass is 32.2. The highest BCUT2D eigenvalue weighted by Gasteiger charge is 2.42. The van der Waals surface area contributed by atoms with Crippen LogP contribution in [0, 0.1) is 17.2 Å². The third kappa shape index (κ3) is 3.16. The van der Waals surface area contributed by atoms with E-state index in [1.165, 1.54) is 0 Å². The molecule has 0 aromatic carbocycles. The molecule has 1 N–H and O–H groups in total. The van der Waals surface area contributed by atoms with Crippen molar-refractivity contribution in [3.8, 4) is 6.07 Å². The standard InChI is InChI=1S/C14H25N3O2S/c1-16-14(11-15)7-3-4-12(14)5-8-17(2)13-6-9-20(18,19)10-13/h12-13,16H,3-10H2,1-2H3. The monoisotopic (exact) mass is 299 g/mol. The molecule has 3 atom stereocenters. The van der Waals surface area contributed by atoms with E-state index in [4.69, 9.17) is 0 Å². The van der Waals surface area contributed by atoms with E-state index < -0.39 is 9.84 Å². The van der Waals surface area contributed by atoms with Gasteiger partial charge in [0.05, 0.1) is 17.6 Å². The molecule has 1 heterocycles. The van der Waals surface area contributed by atoms with Crippen molar-refractivity contribution < 1.29 is 8.42 Å². The van der Waals surface area contributed by atoms with Gasteiger partial charge >= 0.3 is 0 Å². The summed E-state index contributed by atoms with van der Waals surface area (Å²) < 4.78 is 23.0. The van der Waals surface area contributed by atoms with E-state index in [0.29, 0.717) is 17.4 Å². The lowest BCUT2D eigenvalue weighted by Crippen LogP contribution is -2.46. The Hall–Kier alpha value is -0.640. The predicted molar refractivity (Wildman–Crippen MR) is 79.1 cm³/mol. The lowest BCUT2D eigenvalue weighted by Gasteiger charge is -2.31. The maximum Gasteiger partial charge on any atom is 0.151 e. The van der Waals surface area contributed by atoms with Gasteiger partial charge < -0.3 is 10.2 Å². The van der Waals surface area contributed by atoms with Crippen molar-refractivity contribution in [3.05, 3.63) is 0 Å². The zero-order valence-corrected chi connectivity index (χ0v) is 13.2. The van der Waals surface area contributed by atoms with Gasteiger partial charge in [0.25, 0.3) is 0 Å². The number of sulfone groups is 1. The van der Waals surface area contributed by atoms with Crippen LogP contribution in [0.2, 0.25) is 0 Å². The van der Waals surface area contributed by atoms with Crippen LogP contribution in [-0.4, -0.2) is 57.0 Å². The fourth-order valence-corrected chi connectivity index (χ4v) is 5.47. The van der Waals surface area contributed by atoms with Crippen LogP contribution in [0.1, 0.15) is 32.1 Å². The summed E-state index contributed by atoms with van der Waals surface area (Å²) in [4.78, 5) is 2.17. The fourth-order valence-electron chi connectivity index (χ4n) is 3.67. The molecule has 0 aromatic heterocycles. The van der Waals surface area contributed by atoms with Crippen molar-refractivity contribution in [2.45, 2.75) is 43.7 Å². The SMILES string of the molecule is CNC1(C#N)CCCC1CCN(C)C1CCS(=O)(=O)C1. The molecule has 1 saturated carbocycles. The topological polar surface area (TPSA) is 73.2 Å². The Morgan fingerprint density at radius 3 is 2.75 bits per heavy atom. The molecule has 6 heteroatoms. The van der Waals surface area contributed by atoms with Gasteiger partial charge in [-0.3, -0.25) is 0 Å². The molecule has 2 aliphatic rings. The van der Waals surface area contributed by atoms with Crippen LogP contribution < -0.4 is 5.32 Å². The Labute approximate surface area is 122 Å². The van der Waals surface area contributed by atoms with Gasteiger partial charge in [-0.25, -0.2) is 8.42 Å². The van der Waals surface area contributed by atoms with Crippen molar-refractivity contribution >= 4 is 9.84 Å². The average Bonchev–Trinajstić information content (AvgIpc) is 2.99. The van der Waals surface area contributed by atoms with E-state index >= 15 is 0 Å². The average molecular weight is 299 g/mol. The second-order valence-electron chi connectivity index (χ2n) is 6.25. The van der Waals surface area contributed by atoms with Crippen molar-refractivity contribution in [2.24, 2.45) is 5.92 Å². The minimum atomic E-state index is -2.82. The summed E-state index contributed by atoms with van der Waals surface area (Å²) in [6.45, 7) is 0.871. The molecule has 1 aliphatic carbocycles. The largest absolute Gasteiger partial charge is 0.302 e. The zero-order chi connectivity index (χ0) is 14.8. The third-order valence-corrected chi connectivity index (χ3v) is 6.88. The molecule has 2 fully saturated rings. The first-order chi connectivity index (χ1) is 9.42. The van der Waals surface area contributed by atoms with Crippen molar-refractivity contribution in [2.75, 3.05) is 32.1 Å². The second-order valence-corrected chi connectivity index (χ2v) is 8.48. The Kier molecular flexibility index (Phi) is 4.73. The van der Waals surface area contributed by atoms with Gasteiger partial charge in [0.15, 0.2) is 9.84 Å². The van der Waals surface area contributed by atoms with E-state index in [1.807, 2.05) is 14.1 Å². The van der Waals surface area contributed by atoms with Crippen molar-refractivity contribution in [3.63, 3.8) is 0 Å². The van der Waals surface area contributed by atoms with Gasteiger partial charge in [-0.15, -0.1) is 0 Å². The summed E-state index contributed by atoms with van der Waals surface area (Å²) in [5.74, 6) is 0.992. The molecule has 5 nitrogen and oxygen atoms in total. The van der Waals surface area contributed by atoms with Crippen LogP contribution in [0.4, 0.5) is 0 Å². The zero-order valence-electron chi connectivity index (χ0n) is 12.4. The van der Waals surface area contributed by atoms with Gasteiger partial charge in [0.1, 0.15) is 5.54 Å². The molecular weight excluding hydrogens is 274 g/mol. The van der Waals surface area contributed by atoms with E-state index in [2.05, 4.69) is 16.3 Å². The van der Waals surface area contributed by atoms with Gasteiger partial charge in [0, 0.05) is 6.04 Å². The van der Waals surface area contributed by atoms with Gasteiger partial charge in [-0.2, -0.15) is 5.26 Å². The summed E-state index contributed by atoms with van der Waals surface area (Å²) in [6, 6.07) is 2.62. The first-order valence-corrected chi connectivity index (χ1v) is 9.25. The molecule has 0 amide bonds. The van der Waals surface area contributed by atoms with Crippen LogP contribution in [0.3, 0.4) is 0 Å². The maximum absolute atomic E-state index is 11.5. The number of nitriles is 1. The van der Waals surface area contributed by atoms with Crippen LogP contribution in [-0.2, 0) is 9.84 Å². The van der Waals surface area contributed by atoms with E-state index in [9.17, 15) is 13.7 Å². The molecule has 0 bridgehead atoms. The van der Waals surface area contributed by atoms with Crippen LogP contribution in [0.5, 0.6) is 0 Å². The smallest absolute Gasteiger partial charge is 0.151 e. The summed E-state index contributed by atoms with van der Waals surface area (Å²) in [6.07, 6.45) is 4.82. The lowest BCUT2D eigenvalue weighted by atomic mass is 9.86. The minimum absolute atomic E-state index is 0.160. The highest BCUT2D eigenvalue weighted by Crippen LogP contribution is 2.37. The molecule has 2 rings (SSSR count). The summed E-state index contributed by atoms with van der Waals surface area (Å²) in [5, 5.41) is 12.6. The van der Waals surface area contributed by atoms with Gasteiger partial charge in [-0.05, 0) is 52.2 Å². The summed E-state index contributed by atoms with van der Waals surface area (Å²) in [5.41, 5.74) is -0.372. The van der Waals surface area contributed by atoms with E-state index in [0.717, 1.165) is 38.6 Å². The third-order valence-electron chi connectivity index (χ3n) is 5.13. The fraction of sp³-hybridized carbons (Fsp3) is 0.929. The molecular formula is C14H25N3O2S. The van der Waals surface area contributed by atoms with Crippen molar-refractivity contribution in [1.82, 2.24) is 10.2 Å². The second kappa shape index (κ2) is 6.00. The molecule has 0 spiro atoms. The van der Waals surface area contributed by atoms with Crippen LogP contribution in [0.25, 0.3) is 0 Å². The molecule has 1 saturated heterocycles. The molecule has 1 aliphatic heterocycles. The number of hydrogen-bond acceptors (Lipinski definition) is 5. The Bertz CT molecular complexity index is 485. The number of nitrogens with zero attached hydrogens (tertiary/aromatic N) is 2. The highest BCUT2D eigenvalue weighted by molar-refractivity contribution is 7.91. The maximum atomic E-state index is 11.5. The Morgan fingerprint density at radius 2 is 2.20 bits per heavy atom. The minimum Gasteiger partial charge on any atom is -0.302 e. The van der Waals surface area contributed by atoms with E-state index in [-0.39, 0.29) is 11.6 Å². The van der Waals surface area contributed by atoms with E-state index in [1.54, 1.807) is 0 Å². The Morgan fingerprint density at radius 1 is 1.45 bits per heavy atom. The van der Waals surface area contributed by atoms with Crippen LogP contribution in [0.15, 0.2) is 0 Å². The normalized spacial score (nSPS) is 36.3. The molecule has 3 unspecified atom stereocenters. The van der Waals surface area contributed by atoms with Gasteiger partial charge in [0.2, 0.25) is 0 Å². The van der Waals surface area contributed by atoms with Gasteiger partial charge in [-0.1, -0.05) is 6.42 Å². The molecule has 114 valence electrons. The first-order valence-electron chi connectivity index (χ1n) is 7.43. The molecule has 0 aromatic rings. The van der Waals surface area contributed by atoms with Crippen LogP contribution >= 0.6 is 0 Å². The lowest BCUT2D eigenvalue weighted by molar-refractivity contribution is 0.219. The predicted octanol–water partition coefficient (Wildman–Crippen LogP) is 0.777. The number of nitrogens with one attached hydrogen (secondary N) is 1. The quantitative estimate of drug-likeness (QED) is 0.812. The first kappa shape index (κ1) is 15.7. The van der Waals surface area contributed by atoms with Crippen molar-refractivity contribution in [1.29, 1.82) is 5.26 Å². The number of hydrogen-bond donors (Lipinski definition) is 1. The summed E-state index contributed by atoms with van der Waals surface area (Å²) >= 11 is 0. The number of rotatable bonds is 5. The Balaban J connectivity index is 1.88. The summed E-state index contributed by atoms with van der Waals surface area (Å²) in [7, 11) is 1.06.